The van der Waals surface area contributed by atoms with E-state index in [0.717, 1.165) is 5.52 Å². The number of ether oxygens (including phenoxy) is 1. The van der Waals surface area contributed by atoms with Gasteiger partial charge in [-0.1, -0.05) is 18.2 Å². The van der Waals surface area contributed by atoms with Crippen molar-refractivity contribution in [3.05, 3.63) is 29.8 Å². The molecule has 0 saturated carbocycles. The number of aromatic amines is 1. The molecule has 2 aromatic rings. The molecule has 1 aromatic carbocycles. The van der Waals surface area contributed by atoms with Crippen LogP contribution >= 0.6 is 0 Å². The average molecular weight is 205 g/mol. The van der Waals surface area contributed by atoms with Crippen molar-refractivity contribution in [2.75, 3.05) is 6.61 Å². The molecule has 4 heteroatoms. The Hall–Kier alpha value is -1.97. The molecule has 0 amide bonds. The van der Waals surface area contributed by atoms with Crippen molar-refractivity contribution in [2.45, 2.75) is 6.92 Å². The molecule has 0 unspecified atom stereocenters. The molecular weight excluding hydrogens is 194 g/mol. The number of para-hydroxylation sites is 1. The Morgan fingerprint density at radius 1 is 1.47 bits per heavy atom. The van der Waals surface area contributed by atoms with E-state index in [2.05, 4.69) is 4.98 Å². The molecule has 15 heavy (non-hydrogen) atoms. The zero-order chi connectivity index (χ0) is 10.8. The number of aromatic hydroxyl groups is 1. The number of carbonyl (C=O) groups is 1. The van der Waals surface area contributed by atoms with Crippen LogP contribution in [-0.4, -0.2) is 22.7 Å². The monoisotopic (exact) mass is 205 g/mol. The number of hydrogen-bond donors (Lipinski definition) is 2. The minimum atomic E-state index is -0.507. The smallest absolute Gasteiger partial charge is 0.344 e. The molecule has 1 heterocycles. The van der Waals surface area contributed by atoms with Crippen molar-refractivity contribution < 1.29 is 14.6 Å². The Balaban J connectivity index is 2.58. The van der Waals surface area contributed by atoms with Gasteiger partial charge in [-0.05, 0) is 13.0 Å². The van der Waals surface area contributed by atoms with E-state index < -0.39 is 5.97 Å². The summed E-state index contributed by atoms with van der Waals surface area (Å²) in [5.41, 5.74) is 0.922. The predicted octanol–water partition coefficient (Wildman–Crippen LogP) is 2.05. The van der Waals surface area contributed by atoms with E-state index in [1.54, 1.807) is 25.1 Å². The third kappa shape index (κ3) is 1.54. The minimum Gasteiger partial charge on any atom is -0.494 e. The summed E-state index contributed by atoms with van der Waals surface area (Å²) >= 11 is 0. The first-order valence-electron chi connectivity index (χ1n) is 4.70. The van der Waals surface area contributed by atoms with E-state index in [0.29, 0.717) is 5.39 Å². The van der Waals surface area contributed by atoms with Crippen molar-refractivity contribution in [1.29, 1.82) is 0 Å². The molecule has 0 atom stereocenters. The summed E-state index contributed by atoms with van der Waals surface area (Å²) in [4.78, 5) is 14.3. The van der Waals surface area contributed by atoms with Gasteiger partial charge in [-0.3, -0.25) is 0 Å². The van der Waals surface area contributed by atoms with Gasteiger partial charge in [0, 0.05) is 10.9 Å². The van der Waals surface area contributed by atoms with Crippen molar-refractivity contribution in [3.8, 4) is 5.88 Å². The number of H-pyrrole nitrogens is 1. The number of hydrogen-bond acceptors (Lipinski definition) is 3. The van der Waals surface area contributed by atoms with E-state index in [1.165, 1.54) is 0 Å². The lowest BCUT2D eigenvalue weighted by Crippen LogP contribution is -2.03. The molecule has 0 aliphatic heterocycles. The Morgan fingerprint density at radius 2 is 2.20 bits per heavy atom. The Labute approximate surface area is 86.5 Å². The van der Waals surface area contributed by atoms with E-state index in [4.69, 9.17) is 4.74 Å². The summed E-state index contributed by atoms with van der Waals surface area (Å²) in [5, 5.41) is 10.2. The summed E-state index contributed by atoms with van der Waals surface area (Å²) in [6, 6.07) is 7.18. The highest BCUT2D eigenvalue weighted by Crippen LogP contribution is 2.27. The van der Waals surface area contributed by atoms with Gasteiger partial charge in [0.15, 0.2) is 0 Å². The van der Waals surface area contributed by atoms with Gasteiger partial charge in [0.2, 0.25) is 5.88 Å². The second-order valence-corrected chi connectivity index (χ2v) is 3.11. The fourth-order valence-corrected chi connectivity index (χ4v) is 1.54. The maximum Gasteiger partial charge on any atom is 0.344 e. The van der Waals surface area contributed by atoms with Crippen molar-refractivity contribution >= 4 is 16.9 Å². The fraction of sp³-hybridized carbons (Fsp3) is 0.182. The Morgan fingerprint density at radius 3 is 2.93 bits per heavy atom. The van der Waals surface area contributed by atoms with Gasteiger partial charge in [0.1, 0.15) is 5.56 Å². The van der Waals surface area contributed by atoms with Gasteiger partial charge in [-0.15, -0.1) is 0 Å². The molecule has 1 aromatic heterocycles. The van der Waals surface area contributed by atoms with Crippen molar-refractivity contribution in [2.24, 2.45) is 0 Å². The number of fused-ring (bicyclic) bond motifs is 1. The molecule has 0 saturated heterocycles. The molecule has 0 bridgehead atoms. The largest absolute Gasteiger partial charge is 0.494 e. The van der Waals surface area contributed by atoms with Gasteiger partial charge in [0.25, 0.3) is 0 Å². The first kappa shape index (κ1) is 9.58. The molecule has 2 N–H and O–H groups in total. The highest BCUT2D eigenvalue weighted by Gasteiger charge is 2.18. The fourth-order valence-electron chi connectivity index (χ4n) is 1.54. The summed E-state index contributed by atoms with van der Waals surface area (Å²) in [6.45, 7) is 2.02. The maximum absolute atomic E-state index is 11.5. The maximum atomic E-state index is 11.5. The van der Waals surface area contributed by atoms with Crippen LogP contribution in [-0.2, 0) is 4.74 Å². The standard InChI is InChI=1S/C11H11NO3/c1-2-15-11(14)9-7-5-3-4-6-8(7)12-10(9)13/h3-6,12-13H,2H2,1H3. The van der Waals surface area contributed by atoms with Crippen molar-refractivity contribution in [3.63, 3.8) is 0 Å². The molecule has 0 radical (unpaired) electrons. The molecular formula is C11H11NO3. The van der Waals surface area contributed by atoms with Crippen molar-refractivity contribution in [1.82, 2.24) is 4.98 Å². The summed E-state index contributed by atoms with van der Waals surface area (Å²) in [5.74, 6) is -0.651. The van der Waals surface area contributed by atoms with E-state index in [9.17, 15) is 9.90 Å². The SMILES string of the molecule is CCOC(=O)c1c(O)[nH]c2ccccc12. The number of rotatable bonds is 2. The number of benzene rings is 1. The third-order valence-electron chi connectivity index (χ3n) is 2.17. The lowest BCUT2D eigenvalue weighted by atomic mass is 10.2. The van der Waals surface area contributed by atoms with Crippen LogP contribution in [0.1, 0.15) is 17.3 Å². The first-order chi connectivity index (χ1) is 7.24. The molecule has 0 spiro atoms. The van der Waals surface area contributed by atoms with Gasteiger partial charge in [0.05, 0.1) is 6.61 Å². The van der Waals surface area contributed by atoms with Crippen LogP contribution in [0, 0.1) is 0 Å². The molecule has 78 valence electrons. The summed E-state index contributed by atoms with van der Waals surface area (Å²) in [6.07, 6.45) is 0. The second kappa shape index (κ2) is 3.65. The van der Waals surface area contributed by atoms with Gasteiger partial charge < -0.3 is 14.8 Å². The normalized spacial score (nSPS) is 10.5. The van der Waals surface area contributed by atoms with Crippen LogP contribution in [0.4, 0.5) is 0 Å². The Bertz CT molecular complexity index is 502. The number of esters is 1. The Kier molecular flexibility index (Phi) is 2.33. The van der Waals surface area contributed by atoms with Crippen LogP contribution in [0.3, 0.4) is 0 Å². The number of carbonyl (C=O) groups excluding carboxylic acids is 1. The molecule has 0 aliphatic carbocycles. The van der Waals surface area contributed by atoms with Crippen LogP contribution in [0.15, 0.2) is 24.3 Å². The average Bonchev–Trinajstić information content (AvgIpc) is 2.54. The van der Waals surface area contributed by atoms with Gasteiger partial charge >= 0.3 is 5.97 Å². The lowest BCUT2D eigenvalue weighted by Gasteiger charge is -1.99. The van der Waals surface area contributed by atoms with Gasteiger partial charge in [-0.25, -0.2) is 4.79 Å². The van der Waals surface area contributed by atoms with E-state index >= 15 is 0 Å². The zero-order valence-corrected chi connectivity index (χ0v) is 8.28. The van der Waals surface area contributed by atoms with Crippen LogP contribution in [0.5, 0.6) is 5.88 Å². The summed E-state index contributed by atoms with van der Waals surface area (Å²) in [7, 11) is 0. The van der Waals surface area contributed by atoms with Crippen LogP contribution < -0.4 is 0 Å². The van der Waals surface area contributed by atoms with Crippen LogP contribution in [0.25, 0.3) is 10.9 Å². The molecule has 0 aliphatic rings. The van der Waals surface area contributed by atoms with E-state index in [1.807, 2.05) is 6.07 Å². The number of nitrogens with one attached hydrogen (secondary N) is 1. The molecule has 2 rings (SSSR count). The highest BCUT2D eigenvalue weighted by molar-refractivity contribution is 6.06. The number of aromatic nitrogens is 1. The third-order valence-corrected chi connectivity index (χ3v) is 2.17. The predicted molar refractivity (Wildman–Crippen MR) is 55.9 cm³/mol. The molecule has 4 nitrogen and oxygen atoms in total. The topological polar surface area (TPSA) is 62.3 Å². The second-order valence-electron chi connectivity index (χ2n) is 3.11. The van der Waals surface area contributed by atoms with Gasteiger partial charge in [-0.2, -0.15) is 0 Å². The first-order valence-corrected chi connectivity index (χ1v) is 4.70. The summed E-state index contributed by atoms with van der Waals surface area (Å²) < 4.78 is 4.86. The quantitative estimate of drug-likeness (QED) is 0.737. The van der Waals surface area contributed by atoms with E-state index in [-0.39, 0.29) is 18.1 Å². The minimum absolute atomic E-state index is 0.144. The lowest BCUT2D eigenvalue weighted by molar-refractivity contribution is 0.0525. The highest BCUT2D eigenvalue weighted by atomic mass is 16.5. The van der Waals surface area contributed by atoms with Crippen LogP contribution in [0.2, 0.25) is 0 Å². The molecule has 0 fully saturated rings. The zero-order valence-electron chi connectivity index (χ0n) is 8.28.